The Kier molecular flexibility index (Phi) is 3.51. The van der Waals surface area contributed by atoms with Crippen LogP contribution in [0.5, 0.6) is 0 Å². The second-order valence-electron chi connectivity index (χ2n) is 4.60. The van der Waals surface area contributed by atoms with Gasteiger partial charge in [0.05, 0.1) is 0 Å². The van der Waals surface area contributed by atoms with E-state index in [1.165, 1.54) is 5.57 Å². The van der Waals surface area contributed by atoms with Gasteiger partial charge in [-0.1, -0.05) is 17.5 Å². The first-order chi connectivity index (χ1) is 8.08. The highest BCUT2D eigenvalue weighted by Gasteiger charge is 2.27. The second-order valence-corrected chi connectivity index (χ2v) is 5.04. The molecule has 0 unspecified atom stereocenters. The summed E-state index contributed by atoms with van der Waals surface area (Å²) in [5.74, 6) is 6.05. The summed E-state index contributed by atoms with van der Waals surface area (Å²) in [6.07, 6.45) is 4.72. The van der Waals surface area contributed by atoms with Crippen molar-refractivity contribution in [3.63, 3.8) is 0 Å². The van der Waals surface area contributed by atoms with Crippen molar-refractivity contribution < 1.29 is 0 Å². The Bertz CT molecular complexity index is 506. The summed E-state index contributed by atoms with van der Waals surface area (Å²) in [4.78, 5) is 4.14. The molecular weight excluding hydrogens is 232 g/mol. The molecule has 1 aromatic heterocycles. The van der Waals surface area contributed by atoms with Crippen LogP contribution in [0.25, 0.3) is 0 Å². The van der Waals surface area contributed by atoms with Gasteiger partial charge in [-0.3, -0.25) is 0 Å². The van der Waals surface area contributed by atoms with E-state index in [2.05, 4.69) is 36.0 Å². The standard InChI is InChI=1S/C14H15ClN2/c1-14(2)11(6-9-17-14)4-3-5-13-10-12(15)7-8-16-13/h4,7-8,10,17H,6,9H2,1-2H3/b11-4+. The number of aromatic nitrogens is 1. The van der Waals surface area contributed by atoms with Crippen LogP contribution in [-0.2, 0) is 0 Å². The Labute approximate surface area is 107 Å². The molecule has 0 radical (unpaired) electrons. The van der Waals surface area contributed by atoms with Crippen LogP contribution >= 0.6 is 11.6 Å². The molecule has 1 fully saturated rings. The predicted molar refractivity (Wildman–Crippen MR) is 70.9 cm³/mol. The van der Waals surface area contributed by atoms with Crippen LogP contribution in [0.4, 0.5) is 0 Å². The van der Waals surface area contributed by atoms with Crippen molar-refractivity contribution in [1.29, 1.82) is 0 Å². The van der Waals surface area contributed by atoms with E-state index >= 15 is 0 Å². The summed E-state index contributed by atoms with van der Waals surface area (Å²) in [5.41, 5.74) is 2.11. The number of nitrogens with one attached hydrogen (secondary N) is 1. The molecule has 0 aromatic carbocycles. The van der Waals surface area contributed by atoms with Gasteiger partial charge in [-0.25, -0.2) is 4.98 Å². The monoisotopic (exact) mass is 246 g/mol. The van der Waals surface area contributed by atoms with Gasteiger partial charge in [0.2, 0.25) is 0 Å². The van der Waals surface area contributed by atoms with E-state index in [0.29, 0.717) is 10.7 Å². The number of hydrogen-bond donors (Lipinski definition) is 1. The minimum Gasteiger partial charge on any atom is -0.308 e. The molecule has 1 N–H and O–H groups in total. The van der Waals surface area contributed by atoms with Crippen LogP contribution in [0.3, 0.4) is 0 Å². The molecule has 2 nitrogen and oxygen atoms in total. The molecular formula is C14H15ClN2. The van der Waals surface area contributed by atoms with Gasteiger partial charge in [-0.15, -0.1) is 0 Å². The maximum Gasteiger partial charge on any atom is 0.114 e. The summed E-state index contributed by atoms with van der Waals surface area (Å²) < 4.78 is 0. The summed E-state index contributed by atoms with van der Waals surface area (Å²) in [6, 6.07) is 3.51. The van der Waals surface area contributed by atoms with Crippen LogP contribution in [0.2, 0.25) is 5.02 Å². The predicted octanol–water partition coefficient (Wildman–Crippen LogP) is 2.78. The van der Waals surface area contributed by atoms with E-state index in [-0.39, 0.29) is 5.54 Å². The van der Waals surface area contributed by atoms with Crippen LogP contribution < -0.4 is 5.32 Å². The zero-order valence-electron chi connectivity index (χ0n) is 10.0. The lowest BCUT2D eigenvalue weighted by molar-refractivity contribution is 0.528. The van der Waals surface area contributed by atoms with E-state index in [0.717, 1.165) is 13.0 Å². The van der Waals surface area contributed by atoms with Crippen LogP contribution in [0.1, 0.15) is 26.0 Å². The number of halogens is 1. The Morgan fingerprint density at radius 3 is 3.00 bits per heavy atom. The Hall–Kier alpha value is -1.30. The van der Waals surface area contributed by atoms with Gasteiger partial charge in [-0.2, -0.15) is 0 Å². The highest BCUT2D eigenvalue weighted by Crippen LogP contribution is 2.24. The maximum absolute atomic E-state index is 5.86. The minimum atomic E-state index is 0.0659. The molecule has 0 atom stereocenters. The number of nitrogens with zero attached hydrogens (tertiary/aromatic N) is 1. The molecule has 1 aliphatic rings. The SMILES string of the molecule is CC1(C)NCC/C1=C\C#Cc1cc(Cl)ccn1. The Morgan fingerprint density at radius 1 is 1.53 bits per heavy atom. The van der Waals surface area contributed by atoms with E-state index in [1.54, 1.807) is 18.3 Å². The van der Waals surface area contributed by atoms with Crippen molar-refractivity contribution in [2.75, 3.05) is 6.54 Å². The van der Waals surface area contributed by atoms with Crippen LogP contribution in [0.15, 0.2) is 30.0 Å². The Balaban J connectivity index is 2.16. The molecule has 2 rings (SSSR count). The topological polar surface area (TPSA) is 24.9 Å². The van der Waals surface area contributed by atoms with Crippen molar-refractivity contribution in [2.45, 2.75) is 25.8 Å². The third-order valence-electron chi connectivity index (χ3n) is 2.93. The highest BCUT2D eigenvalue weighted by molar-refractivity contribution is 6.30. The van der Waals surface area contributed by atoms with Gasteiger partial charge < -0.3 is 5.32 Å². The molecule has 3 heteroatoms. The molecule has 0 aliphatic carbocycles. The van der Waals surface area contributed by atoms with Crippen molar-refractivity contribution in [3.8, 4) is 11.8 Å². The normalized spacial score (nSPS) is 20.1. The number of pyridine rings is 1. The van der Waals surface area contributed by atoms with Crippen molar-refractivity contribution >= 4 is 11.6 Å². The zero-order valence-corrected chi connectivity index (χ0v) is 10.8. The number of rotatable bonds is 0. The fourth-order valence-electron chi connectivity index (χ4n) is 1.86. The molecule has 2 heterocycles. The molecule has 1 aromatic rings. The number of hydrogen-bond acceptors (Lipinski definition) is 2. The van der Waals surface area contributed by atoms with Crippen LogP contribution in [0, 0.1) is 11.8 Å². The molecule has 0 saturated carbocycles. The molecule has 88 valence electrons. The molecule has 0 amide bonds. The molecule has 17 heavy (non-hydrogen) atoms. The van der Waals surface area contributed by atoms with Gasteiger partial charge in [0.15, 0.2) is 0 Å². The summed E-state index contributed by atoms with van der Waals surface area (Å²) in [6.45, 7) is 5.37. The van der Waals surface area contributed by atoms with Crippen molar-refractivity contribution in [3.05, 3.63) is 40.7 Å². The first-order valence-electron chi connectivity index (χ1n) is 5.65. The van der Waals surface area contributed by atoms with Crippen molar-refractivity contribution in [2.24, 2.45) is 0 Å². The molecule has 1 aliphatic heterocycles. The van der Waals surface area contributed by atoms with Gasteiger partial charge in [0.25, 0.3) is 0 Å². The van der Waals surface area contributed by atoms with E-state index in [4.69, 9.17) is 11.6 Å². The first-order valence-corrected chi connectivity index (χ1v) is 6.03. The fourth-order valence-corrected chi connectivity index (χ4v) is 2.02. The molecule has 0 bridgehead atoms. The first kappa shape index (κ1) is 12.2. The smallest absolute Gasteiger partial charge is 0.114 e. The average Bonchev–Trinajstić information content (AvgIpc) is 2.58. The van der Waals surface area contributed by atoms with Gasteiger partial charge in [0.1, 0.15) is 5.69 Å². The third-order valence-corrected chi connectivity index (χ3v) is 3.17. The lowest BCUT2D eigenvalue weighted by Crippen LogP contribution is -2.33. The third kappa shape index (κ3) is 3.09. The van der Waals surface area contributed by atoms with Gasteiger partial charge in [0, 0.05) is 16.8 Å². The Morgan fingerprint density at radius 2 is 2.35 bits per heavy atom. The second kappa shape index (κ2) is 4.91. The molecule has 0 spiro atoms. The van der Waals surface area contributed by atoms with Gasteiger partial charge in [-0.05, 0) is 56.5 Å². The summed E-state index contributed by atoms with van der Waals surface area (Å²) >= 11 is 5.86. The van der Waals surface area contributed by atoms with E-state index in [1.807, 2.05) is 6.08 Å². The maximum atomic E-state index is 5.86. The lowest BCUT2D eigenvalue weighted by Gasteiger charge is -2.19. The minimum absolute atomic E-state index is 0.0659. The van der Waals surface area contributed by atoms with Crippen LogP contribution in [-0.4, -0.2) is 17.1 Å². The van der Waals surface area contributed by atoms with Crippen molar-refractivity contribution in [1.82, 2.24) is 10.3 Å². The summed E-state index contributed by atoms with van der Waals surface area (Å²) in [5, 5.41) is 4.10. The fraction of sp³-hybridized carbons (Fsp3) is 0.357. The summed E-state index contributed by atoms with van der Waals surface area (Å²) in [7, 11) is 0. The highest BCUT2D eigenvalue weighted by atomic mass is 35.5. The average molecular weight is 247 g/mol. The zero-order chi connectivity index (χ0) is 12.3. The largest absolute Gasteiger partial charge is 0.308 e. The van der Waals surface area contributed by atoms with E-state index < -0.39 is 0 Å². The lowest BCUT2D eigenvalue weighted by atomic mass is 9.96. The van der Waals surface area contributed by atoms with Gasteiger partial charge >= 0.3 is 0 Å². The quantitative estimate of drug-likeness (QED) is 0.712. The van der Waals surface area contributed by atoms with E-state index in [9.17, 15) is 0 Å². The molecule has 1 saturated heterocycles. The number of allylic oxidation sites excluding steroid dienone is 1.